The molecule has 0 amide bonds. The van der Waals surface area contributed by atoms with Gasteiger partial charge in [-0.2, -0.15) is 4.31 Å². The summed E-state index contributed by atoms with van der Waals surface area (Å²) in [4.78, 5) is 0.217. The van der Waals surface area contributed by atoms with Crippen molar-refractivity contribution in [1.29, 1.82) is 0 Å². The molecule has 0 bridgehead atoms. The van der Waals surface area contributed by atoms with Gasteiger partial charge < -0.3 is 20.1 Å². The van der Waals surface area contributed by atoms with Gasteiger partial charge in [0.2, 0.25) is 10.0 Å². The fourth-order valence-electron chi connectivity index (χ4n) is 2.70. The van der Waals surface area contributed by atoms with Crippen LogP contribution in [0.5, 0.6) is 5.75 Å². The summed E-state index contributed by atoms with van der Waals surface area (Å²) in [5.41, 5.74) is 1.30. The number of rotatable bonds is 5. The van der Waals surface area contributed by atoms with E-state index in [-0.39, 0.29) is 4.90 Å². The zero-order valence-electron chi connectivity index (χ0n) is 14.8. The molecule has 9 heteroatoms. The normalized spacial score (nSPS) is 15.1. The molecule has 0 unspecified atom stereocenters. The number of methoxy groups -OCH3 is 1. The lowest BCUT2D eigenvalue weighted by atomic mass is 10.3. The highest BCUT2D eigenvalue weighted by molar-refractivity contribution is 7.89. The van der Waals surface area contributed by atoms with Gasteiger partial charge in [-0.05, 0) is 42.5 Å². The van der Waals surface area contributed by atoms with E-state index in [1.165, 1.54) is 4.31 Å². The molecule has 0 atom stereocenters. The van der Waals surface area contributed by atoms with Gasteiger partial charge in [0.1, 0.15) is 5.75 Å². The fourth-order valence-corrected chi connectivity index (χ4v) is 4.39. The predicted molar refractivity (Wildman–Crippen MR) is 109 cm³/mol. The van der Waals surface area contributed by atoms with Crippen LogP contribution < -0.4 is 15.4 Å². The van der Waals surface area contributed by atoms with Crippen molar-refractivity contribution >= 4 is 38.7 Å². The van der Waals surface area contributed by atoms with E-state index in [9.17, 15) is 8.42 Å². The van der Waals surface area contributed by atoms with Crippen molar-refractivity contribution in [2.75, 3.05) is 44.0 Å². The lowest BCUT2D eigenvalue weighted by Crippen LogP contribution is -2.40. The highest BCUT2D eigenvalue weighted by atomic mass is 32.2. The monoisotopic (exact) mass is 407 g/mol. The number of thiocarbonyl (C=S) groups is 1. The summed E-state index contributed by atoms with van der Waals surface area (Å²) < 4.78 is 37.5. The minimum atomic E-state index is -3.56. The number of nitrogens with zero attached hydrogens (tertiary/aromatic N) is 1. The van der Waals surface area contributed by atoms with Crippen LogP contribution >= 0.6 is 12.2 Å². The Bertz CT molecular complexity index is 912. The third kappa shape index (κ3) is 4.75. The van der Waals surface area contributed by atoms with Gasteiger partial charge in [0.15, 0.2) is 5.11 Å². The number of sulfonamides is 1. The second-order valence-electron chi connectivity index (χ2n) is 5.82. The minimum Gasteiger partial charge on any atom is -0.495 e. The van der Waals surface area contributed by atoms with E-state index in [2.05, 4.69) is 10.6 Å². The summed E-state index contributed by atoms with van der Waals surface area (Å²) in [6.45, 7) is 1.52. The topological polar surface area (TPSA) is 79.9 Å². The first-order chi connectivity index (χ1) is 13.0. The SMILES string of the molecule is COc1ccccc1NC(=S)Nc1cccc(S(=O)(=O)N2CCOCC2)c1. The molecule has 7 nitrogen and oxygen atoms in total. The fraction of sp³-hybridized carbons (Fsp3) is 0.278. The molecule has 2 N–H and O–H groups in total. The van der Waals surface area contributed by atoms with Gasteiger partial charge >= 0.3 is 0 Å². The van der Waals surface area contributed by atoms with E-state index in [0.717, 1.165) is 5.69 Å². The highest BCUT2D eigenvalue weighted by Crippen LogP contribution is 2.24. The van der Waals surface area contributed by atoms with Crippen molar-refractivity contribution in [3.05, 3.63) is 48.5 Å². The molecule has 3 rings (SSSR count). The predicted octanol–water partition coefficient (Wildman–Crippen LogP) is 2.53. The third-order valence-electron chi connectivity index (χ3n) is 4.05. The maximum absolute atomic E-state index is 12.8. The molecular weight excluding hydrogens is 386 g/mol. The summed E-state index contributed by atoms with van der Waals surface area (Å²) in [6, 6.07) is 14.0. The number of para-hydroxylation sites is 2. The number of hydrogen-bond acceptors (Lipinski definition) is 5. The van der Waals surface area contributed by atoms with Crippen molar-refractivity contribution in [2.24, 2.45) is 0 Å². The molecule has 0 aromatic heterocycles. The molecule has 1 aliphatic heterocycles. The number of hydrogen-bond donors (Lipinski definition) is 2. The molecule has 1 saturated heterocycles. The Morgan fingerprint density at radius 1 is 1.11 bits per heavy atom. The average molecular weight is 408 g/mol. The Morgan fingerprint density at radius 3 is 2.59 bits per heavy atom. The quantitative estimate of drug-likeness (QED) is 0.737. The van der Waals surface area contributed by atoms with E-state index in [4.69, 9.17) is 21.7 Å². The van der Waals surface area contributed by atoms with Crippen molar-refractivity contribution in [3.8, 4) is 5.75 Å². The molecule has 2 aromatic rings. The van der Waals surface area contributed by atoms with Crippen LogP contribution in [0.2, 0.25) is 0 Å². The van der Waals surface area contributed by atoms with Gasteiger partial charge in [-0.3, -0.25) is 0 Å². The molecule has 0 saturated carbocycles. The standard InChI is InChI=1S/C18H21N3O4S2/c1-24-17-8-3-2-7-16(17)20-18(26)19-14-5-4-6-15(13-14)27(22,23)21-9-11-25-12-10-21/h2-8,13H,9-12H2,1H3,(H2,19,20,26). The Labute approximate surface area is 164 Å². The van der Waals surface area contributed by atoms with Gasteiger partial charge in [0.25, 0.3) is 0 Å². The number of ether oxygens (including phenoxy) is 2. The Kier molecular flexibility index (Phi) is 6.27. The number of morpholine rings is 1. The summed E-state index contributed by atoms with van der Waals surface area (Å²) >= 11 is 5.33. The minimum absolute atomic E-state index is 0.217. The van der Waals surface area contributed by atoms with Crippen molar-refractivity contribution < 1.29 is 17.9 Å². The zero-order valence-corrected chi connectivity index (χ0v) is 16.5. The number of nitrogens with one attached hydrogen (secondary N) is 2. The van der Waals surface area contributed by atoms with Gasteiger partial charge in [-0.25, -0.2) is 8.42 Å². The molecule has 1 aliphatic rings. The van der Waals surface area contributed by atoms with E-state index < -0.39 is 10.0 Å². The first-order valence-electron chi connectivity index (χ1n) is 8.40. The van der Waals surface area contributed by atoms with Gasteiger partial charge in [0.05, 0.1) is 30.9 Å². The molecule has 1 fully saturated rings. The molecule has 2 aromatic carbocycles. The van der Waals surface area contributed by atoms with Gasteiger partial charge in [-0.1, -0.05) is 18.2 Å². The second kappa shape index (κ2) is 8.66. The number of anilines is 2. The first kappa shape index (κ1) is 19.6. The first-order valence-corrected chi connectivity index (χ1v) is 10.2. The zero-order chi connectivity index (χ0) is 19.3. The Morgan fingerprint density at radius 2 is 1.85 bits per heavy atom. The van der Waals surface area contributed by atoms with Gasteiger partial charge in [0, 0.05) is 18.8 Å². The highest BCUT2D eigenvalue weighted by Gasteiger charge is 2.26. The molecule has 0 spiro atoms. The lowest BCUT2D eigenvalue weighted by Gasteiger charge is -2.26. The van der Waals surface area contributed by atoms with Crippen LogP contribution in [-0.2, 0) is 14.8 Å². The summed E-state index contributed by atoms with van der Waals surface area (Å²) in [6.07, 6.45) is 0. The summed E-state index contributed by atoms with van der Waals surface area (Å²) in [5.74, 6) is 0.658. The average Bonchev–Trinajstić information content (AvgIpc) is 2.69. The molecule has 1 heterocycles. The summed E-state index contributed by atoms with van der Waals surface area (Å²) in [5, 5.41) is 6.40. The van der Waals surface area contributed by atoms with E-state index in [0.29, 0.717) is 42.9 Å². The van der Waals surface area contributed by atoms with Crippen LogP contribution in [0.4, 0.5) is 11.4 Å². The maximum atomic E-state index is 12.8. The van der Waals surface area contributed by atoms with Crippen LogP contribution in [0.25, 0.3) is 0 Å². The molecule has 27 heavy (non-hydrogen) atoms. The summed E-state index contributed by atoms with van der Waals surface area (Å²) in [7, 11) is -1.98. The van der Waals surface area contributed by atoms with Crippen LogP contribution in [0, 0.1) is 0 Å². The van der Waals surface area contributed by atoms with Crippen LogP contribution in [0.3, 0.4) is 0 Å². The molecular formula is C18H21N3O4S2. The second-order valence-corrected chi connectivity index (χ2v) is 8.17. The van der Waals surface area contributed by atoms with Crippen molar-refractivity contribution in [1.82, 2.24) is 4.31 Å². The largest absolute Gasteiger partial charge is 0.495 e. The van der Waals surface area contributed by atoms with E-state index in [1.54, 1.807) is 31.4 Å². The Balaban J connectivity index is 1.73. The third-order valence-corrected chi connectivity index (χ3v) is 6.15. The van der Waals surface area contributed by atoms with Crippen molar-refractivity contribution in [3.63, 3.8) is 0 Å². The van der Waals surface area contributed by atoms with E-state index >= 15 is 0 Å². The van der Waals surface area contributed by atoms with Crippen LogP contribution in [0.15, 0.2) is 53.4 Å². The maximum Gasteiger partial charge on any atom is 0.243 e. The van der Waals surface area contributed by atoms with Gasteiger partial charge in [-0.15, -0.1) is 0 Å². The molecule has 0 radical (unpaired) electrons. The van der Waals surface area contributed by atoms with Crippen molar-refractivity contribution in [2.45, 2.75) is 4.90 Å². The molecule has 0 aliphatic carbocycles. The Hall–Kier alpha value is -2.20. The smallest absolute Gasteiger partial charge is 0.243 e. The number of benzene rings is 2. The van der Waals surface area contributed by atoms with E-state index in [1.807, 2.05) is 24.3 Å². The molecule has 144 valence electrons. The van der Waals surface area contributed by atoms with Crippen LogP contribution in [-0.4, -0.2) is 51.2 Å². The van der Waals surface area contributed by atoms with Crippen LogP contribution in [0.1, 0.15) is 0 Å². The lowest BCUT2D eigenvalue weighted by molar-refractivity contribution is 0.0730.